The van der Waals surface area contributed by atoms with Crippen molar-refractivity contribution in [1.29, 1.82) is 0 Å². The Bertz CT molecular complexity index is 466. The lowest BCUT2D eigenvalue weighted by molar-refractivity contribution is 0.187. The van der Waals surface area contributed by atoms with Gasteiger partial charge in [0.05, 0.1) is 5.71 Å². The van der Waals surface area contributed by atoms with Gasteiger partial charge in [0.25, 0.3) is 0 Å². The van der Waals surface area contributed by atoms with Crippen LogP contribution in [0.5, 0.6) is 0 Å². The monoisotopic (exact) mass is 273 g/mol. The van der Waals surface area contributed by atoms with E-state index in [1.807, 2.05) is 6.92 Å². The van der Waals surface area contributed by atoms with E-state index < -0.39 is 17.0 Å². The summed E-state index contributed by atoms with van der Waals surface area (Å²) in [6, 6.07) is 4.18. The van der Waals surface area contributed by atoms with Gasteiger partial charge in [-0.2, -0.15) is 0 Å². The van der Waals surface area contributed by atoms with Gasteiger partial charge in [0.15, 0.2) is 5.94 Å². The molecule has 1 aromatic carbocycles. The Hall–Kier alpha value is -1.31. The number of hydrogen-bond donors (Lipinski definition) is 1. The molecule has 1 rings (SSSR count). The van der Waals surface area contributed by atoms with Gasteiger partial charge in [0.1, 0.15) is 5.82 Å². The van der Waals surface area contributed by atoms with Gasteiger partial charge in [0, 0.05) is 12.1 Å². The van der Waals surface area contributed by atoms with Gasteiger partial charge in [-0.15, -0.1) is 0 Å². The summed E-state index contributed by atoms with van der Waals surface area (Å²) in [5.74, 6) is -0.890. The zero-order valence-corrected chi connectivity index (χ0v) is 10.7. The topological polar surface area (TPSA) is 87.7 Å². The summed E-state index contributed by atoms with van der Waals surface area (Å²) in [4.78, 5) is 4.67. The molecule has 0 spiro atoms. The van der Waals surface area contributed by atoms with E-state index in [-0.39, 0.29) is 12.4 Å². The second kappa shape index (κ2) is 7.20. The number of halogens is 1. The SMILES string of the molecule is CCC(=NOCS(=O)[O-])c1ccc(F)cc1CN. The molecule has 0 heterocycles. The van der Waals surface area contributed by atoms with Crippen LogP contribution >= 0.6 is 0 Å². The van der Waals surface area contributed by atoms with Crippen LogP contribution in [0.25, 0.3) is 0 Å². The van der Waals surface area contributed by atoms with Crippen molar-refractivity contribution in [2.75, 3.05) is 5.94 Å². The minimum absolute atomic E-state index is 0.166. The summed E-state index contributed by atoms with van der Waals surface area (Å²) in [6.07, 6.45) is 0.518. The molecule has 18 heavy (non-hydrogen) atoms. The van der Waals surface area contributed by atoms with Crippen LogP contribution in [-0.2, 0) is 22.5 Å². The summed E-state index contributed by atoms with van der Waals surface area (Å²) in [7, 11) is 0. The van der Waals surface area contributed by atoms with E-state index in [9.17, 15) is 13.2 Å². The molecular formula is C11H14FN2O3S-. The molecule has 1 unspecified atom stereocenters. The number of hydrogen-bond acceptors (Lipinski definition) is 5. The molecule has 7 heteroatoms. The van der Waals surface area contributed by atoms with E-state index in [0.29, 0.717) is 23.3 Å². The van der Waals surface area contributed by atoms with Crippen LogP contribution in [-0.4, -0.2) is 20.4 Å². The average molecular weight is 273 g/mol. The Morgan fingerprint density at radius 1 is 1.61 bits per heavy atom. The van der Waals surface area contributed by atoms with Crippen molar-refractivity contribution in [3.05, 3.63) is 35.1 Å². The Balaban J connectivity index is 2.97. The number of oxime groups is 1. The summed E-state index contributed by atoms with van der Waals surface area (Å²) in [5.41, 5.74) is 7.32. The van der Waals surface area contributed by atoms with Gasteiger partial charge in [0.2, 0.25) is 0 Å². The predicted molar refractivity (Wildman–Crippen MR) is 66.0 cm³/mol. The largest absolute Gasteiger partial charge is 0.770 e. The molecule has 0 bridgehead atoms. The van der Waals surface area contributed by atoms with Gasteiger partial charge in [-0.1, -0.05) is 12.1 Å². The Morgan fingerprint density at radius 3 is 2.89 bits per heavy atom. The number of benzene rings is 1. The molecule has 1 atom stereocenters. The van der Waals surface area contributed by atoms with Gasteiger partial charge in [-0.25, -0.2) is 4.39 Å². The minimum atomic E-state index is -2.32. The molecule has 100 valence electrons. The van der Waals surface area contributed by atoms with E-state index in [0.717, 1.165) is 0 Å². The smallest absolute Gasteiger partial charge is 0.178 e. The second-order valence-corrected chi connectivity index (χ2v) is 4.29. The number of rotatable bonds is 6. The first kappa shape index (κ1) is 14.7. The van der Waals surface area contributed by atoms with Crippen molar-refractivity contribution in [2.45, 2.75) is 19.9 Å². The van der Waals surface area contributed by atoms with Crippen LogP contribution in [0, 0.1) is 5.82 Å². The normalized spacial score (nSPS) is 13.4. The van der Waals surface area contributed by atoms with Gasteiger partial charge < -0.3 is 15.1 Å². The predicted octanol–water partition coefficient (Wildman–Crippen LogP) is 1.25. The average Bonchev–Trinajstić information content (AvgIpc) is 2.34. The highest BCUT2D eigenvalue weighted by atomic mass is 32.2. The van der Waals surface area contributed by atoms with Gasteiger partial charge in [-0.3, -0.25) is 4.21 Å². The molecule has 0 aliphatic heterocycles. The van der Waals surface area contributed by atoms with Crippen molar-refractivity contribution < 1.29 is 18.0 Å². The first-order valence-electron chi connectivity index (χ1n) is 5.32. The molecular weight excluding hydrogens is 259 g/mol. The molecule has 0 aromatic heterocycles. The van der Waals surface area contributed by atoms with E-state index in [1.165, 1.54) is 12.1 Å². The molecule has 0 fully saturated rings. The fourth-order valence-corrected chi connectivity index (χ4v) is 1.60. The van der Waals surface area contributed by atoms with E-state index in [4.69, 9.17) is 5.73 Å². The molecule has 0 amide bonds. The molecule has 1 aromatic rings. The highest BCUT2D eigenvalue weighted by Crippen LogP contribution is 2.14. The molecule has 0 aliphatic rings. The van der Waals surface area contributed by atoms with Crippen LogP contribution in [0.1, 0.15) is 24.5 Å². The van der Waals surface area contributed by atoms with Crippen LogP contribution in [0.3, 0.4) is 0 Å². The number of nitrogens with zero attached hydrogens (tertiary/aromatic N) is 1. The second-order valence-electron chi connectivity index (χ2n) is 3.45. The van der Waals surface area contributed by atoms with Crippen LogP contribution in [0.15, 0.2) is 23.4 Å². The molecule has 0 radical (unpaired) electrons. The van der Waals surface area contributed by atoms with Crippen molar-refractivity contribution in [3.63, 3.8) is 0 Å². The Morgan fingerprint density at radius 2 is 2.33 bits per heavy atom. The molecule has 0 saturated carbocycles. The standard InChI is InChI=1S/C11H15FN2O3S/c1-2-11(14-17-7-18(15)16)10-4-3-9(12)5-8(10)6-13/h3-5H,2,6-7,13H2,1H3,(H,15,16)/p-1. The lowest BCUT2D eigenvalue weighted by Gasteiger charge is -2.10. The fourth-order valence-electron chi connectivity index (χ4n) is 1.46. The highest BCUT2D eigenvalue weighted by molar-refractivity contribution is 7.78. The maximum absolute atomic E-state index is 13.1. The van der Waals surface area contributed by atoms with E-state index in [1.54, 1.807) is 6.07 Å². The quantitative estimate of drug-likeness (QED) is 0.480. The Kier molecular flexibility index (Phi) is 5.90. The van der Waals surface area contributed by atoms with E-state index in [2.05, 4.69) is 9.99 Å². The summed E-state index contributed by atoms with van der Waals surface area (Å²) in [6.45, 7) is 2.00. The summed E-state index contributed by atoms with van der Waals surface area (Å²) < 4.78 is 33.7. The van der Waals surface area contributed by atoms with Crippen LogP contribution < -0.4 is 5.73 Å². The van der Waals surface area contributed by atoms with Crippen molar-refractivity contribution in [3.8, 4) is 0 Å². The van der Waals surface area contributed by atoms with Crippen LogP contribution in [0.2, 0.25) is 0 Å². The third-order valence-electron chi connectivity index (χ3n) is 2.26. The number of nitrogens with two attached hydrogens (primary N) is 1. The summed E-state index contributed by atoms with van der Waals surface area (Å²) in [5, 5.41) is 3.74. The minimum Gasteiger partial charge on any atom is -0.770 e. The molecule has 5 nitrogen and oxygen atoms in total. The summed E-state index contributed by atoms with van der Waals surface area (Å²) >= 11 is -2.32. The van der Waals surface area contributed by atoms with Crippen molar-refractivity contribution >= 4 is 16.8 Å². The molecule has 0 saturated heterocycles. The fraction of sp³-hybridized carbons (Fsp3) is 0.364. The third kappa shape index (κ3) is 4.17. The van der Waals surface area contributed by atoms with Gasteiger partial charge >= 0.3 is 0 Å². The van der Waals surface area contributed by atoms with Crippen molar-refractivity contribution in [2.24, 2.45) is 10.9 Å². The van der Waals surface area contributed by atoms with E-state index >= 15 is 0 Å². The zero-order valence-electron chi connectivity index (χ0n) is 9.89. The molecule has 2 N–H and O–H groups in total. The molecule has 0 aliphatic carbocycles. The first-order chi connectivity index (χ1) is 8.58. The maximum Gasteiger partial charge on any atom is 0.178 e. The highest BCUT2D eigenvalue weighted by Gasteiger charge is 2.09. The third-order valence-corrected chi connectivity index (χ3v) is 2.55. The lowest BCUT2D eigenvalue weighted by Crippen LogP contribution is -2.09. The van der Waals surface area contributed by atoms with Crippen LogP contribution in [0.4, 0.5) is 4.39 Å². The van der Waals surface area contributed by atoms with Gasteiger partial charge in [-0.05, 0) is 41.3 Å². The maximum atomic E-state index is 13.1. The van der Waals surface area contributed by atoms with Crippen molar-refractivity contribution in [1.82, 2.24) is 0 Å². The lowest BCUT2D eigenvalue weighted by atomic mass is 10.0. The Labute approximate surface area is 107 Å². The first-order valence-corrected chi connectivity index (χ1v) is 6.56. The zero-order chi connectivity index (χ0) is 13.5.